The van der Waals surface area contributed by atoms with Crippen LogP contribution in [0.15, 0.2) is 53.7 Å². The molecular weight excluding hydrogens is 470 g/mol. The second-order valence-corrected chi connectivity index (χ2v) is 10.6. The maximum atomic E-state index is 12.7. The van der Waals surface area contributed by atoms with Gasteiger partial charge in [-0.3, -0.25) is 19.0 Å². The lowest BCUT2D eigenvalue weighted by atomic mass is 10.1. The number of aromatic nitrogens is 3. The van der Waals surface area contributed by atoms with Crippen molar-refractivity contribution >= 4 is 44.9 Å². The predicted molar refractivity (Wildman–Crippen MR) is 128 cm³/mol. The van der Waals surface area contributed by atoms with Crippen molar-refractivity contribution in [3.63, 3.8) is 0 Å². The van der Waals surface area contributed by atoms with Gasteiger partial charge in [-0.05, 0) is 69.6 Å². The molecule has 1 heterocycles. The van der Waals surface area contributed by atoms with Gasteiger partial charge in [0.05, 0.1) is 18.1 Å². The van der Waals surface area contributed by atoms with E-state index in [0.29, 0.717) is 21.4 Å². The van der Waals surface area contributed by atoms with Crippen molar-refractivity contribution in [3.8, 4) is 5.69 Å². The molecule has 32 heavy (non-hydrogen) atoms. The van der Waals surface area contributed by atoms with Gasteiger partial charge in [-0.2, -0.15) is 0 Å². The standard InChI is InChI=1S/C21H24ClN5O3S2/c1-14(26(2)3)20-23-24-21(27(20)18-11-7-16(22)8-12-18)31-13-19(28)15-5-9-17(10-6-15)25-32(4,29)30/h5-12,14,25H,13H2,1-4H3. The number of hydrogen-bond acceptors (Lipinski definition) is 7. The summed E-state index contributed by atoms with van der Waals surface area (Å²) >= 11 is 7.34. The Hall–Kier alpha value is -2.40. The summed E-state index contributed by atoms with van der Waals surface area (Å²) in [6.45, 7) is 2.03. The second kappa shape index (κ2) is 10.0. The Labute approximate surface area is 197 Å². The normalized spacial score (nSPS) is 12.7. The largest absolute Gasteiger partial charge is 0.300 e. The van der Waals surface area contributed by atoms with Crippen LogP contribution in [0.1, 0.15) is 29.1 Å². The maximum Gasteiger partial charge on any atom is 0.229 e. The number of Topliss-reactive ketones (excluding diaryl/α,β-unsaturated/α-hetero) is 1. The minimum Gasteiger partial charge on any atom is -0.300 e. The van der Waals surface area contributed by atoms with E-state index in [9.17, 15) is 13.2 Å². The van der Waals surface area contributed by atoms with E-state index in [1.165, 1.54) is 11.8 Å². The summed E-state index contributed by atoms with van der Waals surface area (Å²) in [7, 11) is 0.555. The third kappa shape index (κ3) is 6.10. The predicted octanol–water partition coefficient (Wildman–Crippen LogP) is 3.89. The number of nitrogens with zero attached hydrogens (tertiary/aromatic N) is 4. The van der Waals surface area contributed by atoms with Crippen molar-refractivity contribution in [2.24, 2.45) is 0 Å². The molecule has 0 saturated heterocycles. The minimum atomic E-state index is -3.37. The molecule has 3 aromatic rings. The summed E-state index contributed by atoms with van der Waals surface area (Å²) in [5.41, 5.74) is 1.74. The van der Waals surface area contributed by atoms with E-state index in [4.69, 9.17) is 11.6 Å². The molecule has 0 aliphatic rings. The van der Waals surface area contributed by atoms with E-state index in [1.54, 1.807) is 36.4 Å². The number of anilines is 1. The zero-order valence-corrected chi connectivity index (χ0v) is 20.5. The quantitative estimate of drug-likeness (QED) is 0.356. The number of benzene rings is 2. The smallest absolute Gasteiger partial charge is 0.229 e. The Kier molecular flexibility index (Phi) is 7.60. The summed E-state index contributed by atoms with van der Waals surface area (Å²) in [5.74, 6) is 0.804. The van der Waals surface area contributed by atoms with Crippen LogP contribution in [0.4, 0.5) is 5.69 Å². The highest BCUT2D eigenvalue weighted by Gasteiger charge is 2.21. The van der Waals surface area contributed by atoms with Gasteiger partial charge in [-0.25, -0.2) is 8.42 Å². The number of thioether (sulfide) groups is 1. The van der Waals surface area contributed by atoms with Gasteiger partial charge in [0.2, 0.25) is 10.0 Å². The average Bonchev–Trinajstić information content (AvgIpc) is 3.15. The van der Waals surface area contributed by atoms with Crippen LogP contribution in [0.2, 0.25) is 5.02 Å². The summed E-state index contributed by atoms with van der Waals surface area (Å²) in [6, 6.07) is 13.7. The van der Waals surface area contributed by atoms with Gasteiger partial charge in [0.1, 0.15) is 0 Å². The fraction of sp³-hybridized carbons (Fsp3) is 0.286. The van der Waals surface area contributed by atoms with Gasteiger partial charge in [-0.1, -0.05) is 23.4 Å². The van der Waals surface area contributed by atoms with Gasteiger partial charge in [0.25, 0.3) is 0 Å². The molecule has 1 N–H and O–H groups in total. The lowest BCUT2D eigenvalue weighted by Crippen LogP contribution is -2.20. The van der Waals surface area contributed by atoms with Gasteiger partial charge in [-0.15, -0.1) is 10.2 Å². The molecule has 0 spiro atoms. The Balaban J connectivity index is 1.81. The molecular formula is C21H24ClN5O3S2. The van der Waals surface area contributed by atoms with Crippen LogP contribution < -0.4 is 4.72 Å². The molecule has 2 aromatic carbocycles. The molecule has 1 atom stereocenters. The number of rotatable bonds is 9. The molecule has 0 amide bonds. The van der Waals surface area contributed by atoms with Crippen molar-refractivity contribution in [3.05, 3.63) is 64.9 Å². The van der Waals surface area contributed by atoms with Crippen LogP contribution in [0.3, 0.4) is 0 Å². The zero-order chi connectivity index (χ0) is 23.5. The first-order valence-electron chi connectivity index (χ1n) is 9.66. The summed E-state index contributed by atoms with van der Waals surface area (Å²) in [6.07, 6.45) is 1.07. The van der Waals surface area contributed by atoms with Crippen molar-refractivity contribution in [2.75, 3.05) is 30.8 Å². The zero-order valence-electron chi connectivity index (χ0n) is 18.1. The molecule has 0 aliphatic heterocycles. The van der Waals surface area contributed by atoms with E-state index in [0.717, 1.165) is 17.8 Å². The Morgan fingerprint density at radius 3 is 2.31 bits per heavy atom. The first-order valence-corrected chi connectivity index (χ1v) is 12.9. The van der Waals surface area contributed by atoms with Crippen LogP contribution in [0.25, 0.3) is 5.69 Å². The fourth-order valence-corrected chi connectivity index (χ4v) is 4.40. The molecule has 1 aromatic heterocycles. The maximum absolute atomic E-state index is 12.7. The first-order chi connectivity index (χ1) is 15.0. The Morgan fingerprint density at radius 1 is 1.12 bits per heavy atom. The third-order valence-corrected chi connectivity index (χ3v) is 6.52. The summed E-state index contributed by atoms with van der Waals surface area (Å²) in [5, 5.41) is 9.92. The molecule has 3 rings (SSSR count). The molecule has 170 valence electrons. The highest BCUT2D eigenvalue weighted by Crippen LogP contribution is 2.28. The Morgan fingerprint density at radius 2 is 1.75 bits per heavy atom. The molecule has 0 aliphatic carbocycles. The highest BCUT2D eigenvalue weighted by atomic mass is 35.5. The number of carbonyl (C=O) groups excluding carboxylic acids is 1. The molecule has 0 fully saturated rings. The molecule has 1 unspecified atom stereocenters. The molecule has 0 saturated carbocycles. The van der Waals surface area contributed by atoms with E-state index in [-0.39, 0.29) is 17.6 Å². The van der Waals surface area contributed by atoms with E-state index in [1.807, 2.05) is 42.6 Å². The molecule has 0 radical (unpaired) electrons. The molecule has 0 bridgehead atoms. The highest BCUT2D eigenvalue weighted by molar-refractivity contribution is 7.99. The van der Waals surface area contributed by atoms with E-state index < -0.39 is 10.0 Å². The number of nitrogens with one attached hydrogen (secondary N) is 1. The fourth-order valence-electron chi connectivity index (χ4n) is 2.86. The van der Waals surface area contributed by atoms with Gasteiger partial charge < -0.3 is 0 Å². The van der Waals surface area contributed by atoms with E-state index in [2.05, 4.69) is 14.9 Å². The number of sulfonamides is 1. The van der Waals surface area contributed by atoms with Crippen molar-refractivity contribution in [2.45, 2.75) is 18.1 Å². The van der Waals surface area contributed by atoms with Crippen LogP contribution >= 0.6 is 23.4 Å². The first kappa shape index (κ1) is 24.2. The number of hydrogen-bond donors (Lipinski definition) is 1. The lowest BCUT2D eigenvalue weighted by Gasteiger charge is -2.20. The Bertz CT molecular complexity index is 1190. The number of halogens is 1. The van der Waals surface area contributed by atoms with Crippen LogP contribution in [-0.2, 0) is 10.0 Å². The molecule has 11 heteroatoms. The van der Waals surface area contributed by atoms with Crippen LogP contribution in [0.5, 0.6) is 0 Å². The van der Waals surface area contributed by atoms with Crippen LogP contribution in [0, 0.1) is 0 Å². The number of ketones is 1. The minimum absolute atomic E-state index is 0.00174. The summed E-state index contributed by atoms with van der Waals surface area (Å²) < 4.78 is 27.0. The van der Waals surface area contributed by atoms with Gasteiger partial charge in [0.15, 0.2) is 16.8 Å². The average molecular weight is 494 g/mol. The van der Waals surface area contributed by atoms with Crippen molar-refractivity contribution < 1.29 is 13.2 Å². The topological polar surface area (TPSA) is 97.2 Å². The summed E-state index contributed by atoms with van der Waals surface area (Å²) in [4.78, 5) is 14.7. The second-order valence-electron chi connectivity index (χ2n) is 7.46. The number of carbonyl (C=O) groups is 1. The van der Waals surface area contributed by atoms with Crippen LogP contribution in [-0.4, -0.2) is 60.0 Å². The van der Waals surface area contributed by atoms with Gasteiger partial charge >= 0.3 is 0 Å². The lowest BCUT2D eigenvalue weighted by molar-refractivity contribution is 0.102. The third-order valence-electron chi connectivity index (χ3n) is 4.73. The molecule has 8 nitrogen and oxygen atoms in total. The SMILES string of the molecule is CC(c1nnc(SCC(=O)c2ccc(NS(C)(=O)=O)cc2)n1-c1ccc(Cl)cc1)N(C)C. The van der Waals surface area contributed by atoms with Crippen molar-refractivity contribution in [1.82, 2.24) is 19.7 Å². The monoisotopic (exact) mass is 493 g/mol. The van der Waals surface area contributed by atoms with E-state index >= 15 is 0 Å². The van der Waals surface area contributed by atoms with Crippen molar-refractivity contribution in [1.29, 1.82) is 0 Å². The van der Waals surface area contributed by atoms with Gasteiger partial charge in [0, 0.05) is 22.0 Å².